The largest absolute Gasteiger partial charge is 0.370 e. The molecule has 0 aliphatic rings. The lowest BCUT2D eigenvalue weighted by Crippen LogP contribution is -2.24. The van der Waals surface area contributed by atoms with Crippen molar-refractivity contribution in [2.45, 2.75) is 6.54 Å². The molecule has 1 heterocycles. The second kappa shape index (κ2) is 6.77. The van der Waals surface area contributed by atoms with E-state index < -0.39 is 5.91 Å². The third kappa shape index (κ3) is 4.27. The molecule has 0 atom stereocenters. The Labute approximate surface area is 111 Å². The first-order chi connectivity index (χ1) is 9.25. The Hall–Kier alpha value is -2.05. The van der Waals surface area contributed by atoms with Crippen LogP contribution in [0.2, 0.25) is 0 Å². The molecule has 0 unspecified atom stereocenters. The molecule has 3 N–H and O–H groups in total. The Kier molecular flexibility index (Phi) is 4.77. The quantitative estimate of drug-likeness (QED) is 0.695. The highest BCUT2D eigenvalue weighted by molar-refractivity contribution is 5.75. The highest BCUT2D eigenvalue weighted by atomic mass is 16.5. The zero-order valence-electron chi connectivity index (χ0n) is 10.5. The molecule has 2 aromatic rings. The number of hydrogen-bond acceptors (Lipinski definition) is 5. The highest BCUT2D eigenvalue weighted by Gasteiger charge is 1.99. The van der Waals surface area contributed by atoms with Crippen LogP contribution in [0, 0.1) is 0 Å². The van der Waals surface area contributed by atoms with Gasteiger partial charge in [0.1, 0.15) is 6.61 Å². The van der Waals surface area contributed by atoms with Gasteiger partial charge in [0.25, 0.3) is 0 Å². The van der Waals surface area contributed by atoms with Crippen molar-refractivity contribution in [2.24, 2.45) is 5.73 Å². The van der Waals surface area contributed by atoms with Crippen molar-refractivity contribution in [3.8, 4) is 0 Å². The molecule has 6 nitrogen and oxygen atoms in total. The van der Waals surface area contributed by atoms with Crippen molar-refractivity contribution in [1.82, 2.24) is 15.3 Å². The van der Waals surface area contributed by atoms with Crippen molar-refractivity contribution in [1.29, 1.82) is 0 Å². The summed E-state index contributed by atoms with van der Waals surface area (Å²) >= 11 is 0. The number of nitrogens with one attached hydrogen (secondary N) is 1. The predicted octanol–water partition coefficient (Wildman–Crippen LogP) is 0.221. The summed E-state index contributed by atoms with van der Waals surface area (Å²) in [5.74, 6) is -0.458. The van der Waals surface area contributed by atoms with Gasteiger partial charge in [0.15, 0.2) is 0 Å². The fourth-order valence-electron chi connectivity index (χ4n) is 1.61. The number of hydrogen-bond donors (Lipinski definition) is 2. The minimum absolute atomic E-state index is 0.0442. The first-order valence-corrected chi connectivity index (χ1v) is 6.03. The molecule has 0 aliphatic carbocycles. The molecule has 0 saturated carbocycles. The van der Waals surface area contributed by atoms with Crippen LogP contribution in [-0.2, 0) is 16.1 Å². The highest BCUT2D eigenvalue weighted by Crippen LogP contribution is 2.07. The average Bonchev–Trinajstić information content (AvgIpc) is 2.42. The summed E-state index contributed by atoms with van der Waals surface area (Å²) in [6, 6.07) is 7.73. The molecular formula is C13H16N4O2. The maximum Gasteiger partial charge on any atom is 0.243 e. The van der Waals surface area contributed by atoms with Crippen LogP contribution in [0.5, 0.6) is 0 Å². The van der Waals surface area contributed by atoms with Crippen molar-refractivity contribution >= 4 is 16.9 Å². The van der Waals surface area contributed by atoms with Crippen molar-refractivity contribution in [2.75, 3.05) is 19.8 Å². The van der Waals surface area contributed by atoms with E-state index in [1.165, 1.54) is 0 Å². The summed E-state index contributed by atoms with van der Waals surface area (Å²) in [6.07, 6.45) is 1.75. The number of fused-ring (bicyclic) bond motifs is 1. The number of aromatic nitrogens is 2. The number of nitrogens with two attached hydrogens (primary N) is 1. The summed E-state index contributed by atoms with van der Waals surface area (Å²) in [5.41, 5.74) is 7.58. The molecule has 0 fully saturated rings. The van der Waals surface area contributed by atoms with Gasteiger partial charge < -0.3 is 15.8 Å². The Balaban J connectivity index is 1.77. The van der Waals surface area contributed by atoms with Gasteiger partial charge in [-0.3, -0.25) is 9.78 Å². The monoisotopic (exact) mass is 260 g/mol. The first kappa shape index (κ1) is 13.4. The first-order valence-electron chi connectivity index (χ1n) is 6.03. The van der Waals surface area contributed by atoms with E-state index in [1.54, 1.807) is 6.20 Å². The lowest BCUT2D eigenvalue weighted by Gasteiger charge is -2.05. The van der Waals surface area contributed by atoms with E-state index in [-0.39, 0.29) is 6.61 Å². The second-order valence-corrected chi connectivity index (χ2v) is 4.05. The fourth-order valence-corrected chi connectivity index (χ4v) is 1.61. The normalized spacial score (nSPS) is 10.7. The Morgan fingerprint density at radius 2 is 2.11 bits per heavy atom. The molecule has 1 aromatic heterocycles. The molecule has 0 spiro atoms. The number of para-hydroxylation sites is 2. The number of amides is 1. The zero-order chi connectivity index (χ0) is 13.5. The molecule has 0 aliphatic heterocycles. The van der Waals surface area contributed by atoms with Gasteiger partial charge in [-0.15, -0.1) is 0 Å². The van der Waals surface area contributed by atoms with E-state index in [1.807, 2.05) is 24.3 Å². The van der Waals surface area contributed by atoms with Gasteiger partial charge in [0.05, 0.1) is 29.5 Å². The van der Waals surface area contributed by atoms with Crippen molar-refractivity contribution < 1.29 is 9.53 Å². The SMILES string of the molecule is NC(=O)COCCNCc1cnc2ccccc2n1. The summed E-state index contributed by atoms with van der Waals surface area (Å²) in [6.45, 7) is 1.63. The van der Waals surface area contributed by atoms with Crippen LogP contribution in [0.15, 0.2) is 30.5 Å². The van der Waals surface area contributed by atoms with E-state index in [0.29, 0.717) is 19.7 Å². The summed E-state index contributed by atoms with van der Waals surface area (Å²) < 4.78 is 5.03. The summed E-state index contributed by atoms with van der Waals surface area (Å²) in [4.78, 5) is 19.2. The Morgan fingerprint density at radius 3 is 2.89 bits per heavy atom. The smallest absolute Gasteiger partial charge is 0.243 e. The second-order valence-electron chi connectivity index (χ2n) is 4.05. The fraction of sp³-hybridized carbons (Fsp3) is 0.308. The topological polar surface area (TPSA) is 90.1 Å². The molecule has 0 saturated heterocycles. The standard InChI is InChI=1S/C13H16N4O2/c14-13(18)9-19-6-5-15-7-10-8-16-11-3-1-2-4-12(11)17-10/h1-4,8,15H,5-7,9H2,(H2,14,18). The van der Waals surface area contributed by atoms with E-state index >= 15 is 0 Å². The van der Waals surface area contributed by atoms with Gasteiger partial charge in [-0.1, -0.05) is 12.1 Å². The van der Waals surface area contributed by atoms with Crippen LogP contribution in [0.4, 0.5) is 0 Å². The number of carbonyl (C=O) groups excluding carboxylic acids is 1. The Morgan fingerprint density at radius 1 is 1.32 bits per heavy atom. The number of nitrogens with zero attached hydrogens (tertiary/aromatic N) is 2. The maximum atomic E-state index is 10.4. The van der Waals surface area contributed by atoms with Crippen LogP contribution >= 0.6 is 0 Å². The van der Waals surface area contributed by atoms with Crippen molar-refractivity contribution in [3.63, 3.8) is 0 Å². The van der Waals surface area contributed by atoms with Gasteiger partial charge in [0, 0.05) is 13.1 Å². The summed E-state index contributed by atoms with van der Waals surface area (Å²) in [7, 11) is 0. The number of carbonyl (C=O) groups is 1. The molecule has 1 aromatic carbocycles. The lowest BCUT2D eigenvalue weighted by molar-refractivity contribution is -0.122. The summed E-state index contributed by atoms with van der Waals surface area (Å²) in [5, 5.41) is 3.16. The number of ether oxygens (including phenoxy) is 1. The van der Waals surface area contributed by atoms with E-state index in [2.05, 4.69) is 15.3 Å². The minimum atomic E-state index is -0.458. The minimum Gasteiger partial charge on any atom is -0.370 e. The number of rotatable bonds is 7. The molecule has 6 heteroatoms. The van der Waals surface area contributed by atoms with Crippen LogP contribution in [0.25, 0.3) is 11.0 Å². The number of benzene rings is 1. The molecule has 2 rings (SSSR count). The maximum absolute atomic E-state index is 10.4. The predicted molar refractivity (Wildman–Crippen MR) is 71.3 cm³/mol. The molecule has 0 bridgehead atoms. The lowest BCUT2D eigenvalue weighted by atomic mass is 10.3. The third-order valence-electron chi connectivity index (χ3n) is 2.47. The molecule has 1 amide bonds. The zero-order valence-corrected chi connectivity index (χ0v) is 10.5. The van der Waals surface area contributed by atoms with Crippen molar-refractivity contribution in [3.05, 3.63) is 36.2 Å². The van der Waals surface area contributed by atoms with Crippen LogP contribution in [0.3, 0.4) is 0 Å². The average molecular weight is 260 g/mol. The van der Waals surface area contributed by atoms with Gasteiger partial charge >= 0.3 is 0 Å². The van der Waals surface area contributed by atoms with Crippen LogP contribution in [-0.4, -0.2) is 35.6 Å². The van der Waals surface area contributed by atoms with Crippen LogP contribution in [0.1, 0.15) is 5.69 Å². The molecule has 0 radical (unpaired) electrons. The molecule has 100 valence electrons. The van der Waals surface area contributed by atoms with Gasteiger partial charge in [-0.2, -0.15) is 0 Å². The van der Waals surface area contributed by atoms with E-state index in [4.69, 9.17) is 10.5 Å². The number of primary amides is 1. The van der Waals surface area contributed by atoms with Crippen LogP contribution < -0.4 is 11.1 Å². The Bertz CT molecular complexity index is 559. The molecule has 19 heavy (non-hydrogen) atoms. The van der Waals surface area contributed by atoms with E-state index in [9.17, 15) is 4.79 Å². The van der Waals surface area contributed by atoms with E-state index in [0.717, 1.165) is 16.7 Å². The van der Waals surface area contributed by atoms with Gasteiger partial charge in [0.2, 0.25) is 5.91 Å². The van der Waals surface area contributed by atoms with Gasteiger partial charge in [-0.05, 0) is 12.1 Å². The third-order valence-corrected chi connectivity index (χ3v) is 2.47. The van der Waals surface area contributed by atoms with Gasteiger partial charge in [-0.25, -0.2) is 4.98 Å². The molecular weight excluding hydrogens is 244 g/mol.